The molecule has 31 heavy (non-hydrogen) atoms. The number of carbonyl (C=O) groups is 2. The first-order valence-electron chi connectivity index (χ1n) is 9.96. The van der Waals surface area contributed by atoms with Crippen LogP contribution < -0.4 is 4.74 Å². The van der Waals surface area contributed by atoms with Crippen LogP contribution in [0.3, 0.4) is 0 Å². The monoisotopic (exact) mass is 441 g/mol. The second-order valence-corrected chi connectivity index (χ2v) is 7.67. The minimum Gasteiger partial charge on any atom is -0.481 e. The lowest BCUT2D eigenvalue weighted by atomic mass is 10.0. The first kappa shape index (κ1) is 22.6. The van der Waals surface area contributed by atoms with E-state index >= 15 is 0 Å². The van der Waals surface area contributed by atoms with Crippen LogP contribution in [0.5, 0.6) is 5.75 Å². The number of methoxy groups -OCH3 is 1. The molecular weight excluding hydrogens is 418 g/mol. The van der Waals surface area contributed by atoms with E-state index in [0.29, 0.717) is 42.5 Å². The topological polar surface area (TPSA) is 82.9 Å². The van der Waals surface area contributed by atoms with Gasteiger partial charge in [0.2, 0.25) is 0 Å². The summed E-state index contributed by atoms with van der Waals surface area (Å²) in [4.78, 5) is 29.0. The molecule has 0 N–H and O–H groups in total. The molecule has 0 aromatic heterocycles. The van der Waals surface area contributed by atoms with Gasteiger partial charge >= 0.3 is 5.97 Å². The van der Waals surface area contributed by atoms with Gasteiger partial charge < -0.3 is 14.4 Å². The van der Waals surface area contributed by atoms with Gasteiger partial charge in [0.05, 0.1) is 18.7 Å². The molecule has 2 atom stereocenters. The Kier molecular flexibility index (Phi) is 7.50. The zero-order chi connectivity index (χ0) is 22.4. The van der Waals surface area contributed by atoms with Gasteiger partial charge in [-0.05, 0) is 48.9 Å². The number of hydrogen-bond acceptors (Lipinski definition) is 6. The highest BCUT2D eigenvalue weighted by Gasteiger charge is 2.33. The molecule has 162 valence electrons. The largest absolute Gasteiger partial charge is 0.481 e. The number of halogens is 1. The van der Waals surface area contributed by atoms with Crippen LogP contribution in [-0.4, -0.2) is 61.1 Å². The van der Waals surface area contributed by atoms with Crippen LogP contribution in [0, 0.1) is 11.3 Å². The average Bonchev–Trinajstić information content (AvgIpc) is 2.80. The Bertz CT molecular complexity index is 948. The van der Waals surface area contributed by atoms with Crippen molar-refractivity contribution >= 4 is 23.5 Å². The van der Waals surface area contributed by atoms with Crippen LogP contribution in [0.4, 0.5) is 0 Å². The molecule has 7 nitrogen and oxygen atoms in total. The smallest absolute Gasteiger partial charge is 0.327 e. The summed E-state index contributed by atoms with van der Waals surface area (Å²) >= 11 is 5.97. The van der Waals surface area contributed by atoms with Crippen molar-refractivity contribution in [3.05, 3.63) is 64.7 Å². The van der Waals surface area contributed by atoms with Gasteiger partial charge in [-0.25, -0.2) is 4.79 Å². The van der Waals surface area contributed by atoms with E-state index in [1.807, 2.05) is 23.1 Å². The lowest BCUT2D eigenvalue weighted by Crippen LogP contribution is -2.53. The van der Waals surface area contributed by atoms with Gasteiger partial charge in [0.25, 0.3) is 5.91 Å². The lowest BCUT2D eigenvalue weighted by molar-refractivity contribution is -0.149. The number of benzene rings is 2. The fourth-order valence-electron chi connectivity index (χ4n) is 3.57. The second kappa shape index (κ2) is 10.3. The third-order valence-electron chi connectivity index (χ3n) is 5.25. The highest BCUT2D eigenvalue weighted by molar-refractivity contribution is 6.30. The first-order chi connectivity index (χ1) is 14.9. The molecule has 1 aliphatic rings. The van der Waals surface area contributed by atoms with E-state index in [9.17, 15) is 9.59 Å². The van der Waals surface area contributed by atoms with Gasteiger partial charge in [0, 0.05) is 31.2 Å². The molecule has 0 radical (unpaired) electrons. The van der Waals surface area contributed by atoms with Crippen molar-refractivity contribution in [2.45, 2.75) is 19.1 Å². The fraction of sp³-hybridized carbons (Fsp3) is 0.348. The zero-order valence-electron chi connectivity index (χ0n) is 17.5. The SMILES string of the molecule is COC(=O)C(c1ccc(Cl)cc1)N1CCN(C(=O)C(C)Oc2ccc(C#N)cc2)CC1. The van der Waals surface area contributed by atoms with Gasteiger partial charge in [-0.3, -0.25) is 9.69 Å². The maximum absolute atomic E-state index is 12.8. The molecule has 0 bridgehead atoms. The summed E-state index contributed by atoms with van der Waals surface area (Å²) in [5.74, 6) is 0.0664. The molecule has 8 heteroatoms. The Labute approximate surface area is 186 Å². The normalized spacial score (nSPS) is 16.1. The Morgan fingerprint density at radius 1 is 1.03 bits per heavy atom. The Morgan fingerprint density at radius 2 is 1.65 bits per heavy atom. The van der Waals surface area contributed by atoms with E-state index in [1.54, 1.807) is 48.2 Å². The van der Waals surface area contributed by atoms with Crippen molar-refractivity contribution in [2.75, 3.05) is 33.3 Å². The Morgan fingerprint density at radius 3 is 2.19 bits per heavy atom. The summed E-state index contributed by atoms with van der Waals surface area (Å²) in [5, 5.41) is 9.47. The standard InChI is InChI=1S/C23H24ClN3O4/c1-16(31-20-9-3-17(15-25)4-10-20)22(28)27-13-11-26(12-14-27)21(23(29)30-2)18-5-7-19(24)8-6-18/h3-10,16,21H,11-14H2,1-2H3. The summed E-state index contributed by atoms with van der Waals surface area (Å²) in [6, 6.07) is 15.3. The molecular formula is C23H24ClN3O4. The first-order valence-corrected chi connectivity index (χ1v) is 10.3. The van der Waals surface area contributed by atoms with Crippen LogP contribution in [-0.2, 0) is 14.3 Å². The van der Waals surface area contributed by atoms with Crippen molar-refractivity contribution in [3.63, 3.8) is 0 Å². The summed E-state index contributed by atoms with van der Waals surface area (Å²) in [6.45, 7) is 3.70. The number of rotatable bonds is 6. The maximum Gasteiger partial charge on any atom is 0.327 e. The minimum atomic E-state index is -0.660. The molecule has 0 spiro atoms. The molecule has 2 aromatic rings. The molecule has 1 aliphatic heterocycles. The van der Waals surface area contributed by atoms with Crippen LogP contribution in [0.25, 0.3) is 0 Å². The fourth-order valence-corrected chi connectivity index (χ4v) is 3.70. The number of amides is 1. The predicted octanol–water partition coefficient (Wildman–Crippen LogP) is 3.04. The quantitative estimate of drug-likeness (QED) is 0.641. The number of nitrogens with zero attached hydrogens (tertiary/aromatic N) is 3. The molecule has 2 aromatic carbocycles. The third-order valence-corrected chi connectivity index (χ3v) is 5.50. The molecule has 1 heterocycles. The van der Waals surface area contributed by atoms with Crippen LogP contribution >= 0.6 is 11.6 Å². The Balaban J connectivity index is 1.61. The predicted molar refractivity (Wildman–Crippen MR) is 116 cm³/mol. The molecule has 1 amide bonds. The molecule has 3 rings (SSSR count). The van der Waals surface area contributed by atoms with Crippen LogP contribution in [0.1, 0.15) is 24.1 Å². The molecule has 1 saturated heterocycles. The summed E-state index contributed by atoms with van der Waals surface area (Å²) in [5.41, 5.74) is 1.33. The molecule has 0 aliphatic carbocycles. The van der Waals surface area contributed by atoms with Gasteiger partial charge in [0.1, 0.15) is 11.8 Å². The number of ether oxygens (including phenoxy) is 2. The van der Waals surface area contributed by atoms with Crippen molar-refractivity contribution < 1.29 is 19.1 Å². The van der Waals surface area contributed by atoms with Crippen LogP contribution in [0.2, 0.25) is 5.02 Å². The average molecular weight is 442 g/mol. The summed E-state index contributed by atoms with van der Waals surface area (Å²) in [6.07, 6.45) is -0.660. The number of esters is 1. The van der Waals surface area contributed by atoms with E-state index in [2.05, 4.69) is 0 Å². The number of nitriles is 1. The molecule has 1 fully saturated rings. The highest BCUT2D eigenvalue weighted by atomic mass is 35.5. The van der Waals surface area contributed by atoms with E-state index in [1.165, 1.54) is 7.11 Å². The summed E-state index contributed by atoms with van der Waals surface area (Å²) < 4.78 is 10.7. The van der Waals surface area contributed by atoms with Crippen molar-refractivity contribution in [1.82, 2.24) is 9.80 Å². The maximum atomic E-state index is 12.8. The van der Waals surface area contributed by atoms with Crippen LogP contribution in [0.15, 0.2) is 48.5 Å². The zero-order valence-corrected chi connectivity index (χ0v) is 18.2. The van der Waals surface area contributed by atoms with Crippen molar-refractivity contribution in [3.8, 4) is 11.8 Å². The number of hydrogen-bond donors (Lipinski definition) is 0. The van der Waals surface area contributed by atoms with E-state index in [-0.39, 0.29) is 11.9 Å². The second-order valence-electron chi connectivity index (χ2n) is 7.23. The van der Waals surface area contributed by atoms with E-state index in [0.717, 1.165) is 5.56 Å². The number of piperazine rings is 1. The van der Waals surface area contributed by atoms with Gasteiger partial charge in [-0.15, -0.1) is 0 Å². The van der Waals surface area contributed by atoms with Crippen molar-refractivity contribution in [1.29, 1.82) is 5.26 Å². The lowest BCUT2D eigenvalue weighted by Gasteiger charge is -2.39. The summed E-state index contributed by atoms with van der Waals surface area (Å²) in [7, 11) is 1.37. The Hall–Kier alpha value is -3.08. The van der Waals surface area contributed by atoms with E-state index < -0.39 is 12.1 Å². The highest BCUT2D eigenvalue weighted by Crippen LogP contribution is 2.25. The minimum absolute atomic E-state index is 0.120. The van der Waals surface area contributed by atoms with E-state index in [4.69, 9.17) is 26.3 Å². The number of carbonyl (C=O) groups excluding carboxylic acids is 2. The third kappa shape index (κ3) is 5.54. The molecule has 0 saturated carbocycles. The van der Waals surface area contributed by atoms with Crippen molar-refractivity contribution in [2.24, 2.45) is 0 Å². The van der Waals surface area contributed by atoms with Gasteiger partial charge in [-0.1, -0.05) is 23.7 Å². The molecule has 2 unspecified atom stereocenters. The van der Waals surface area contributed by atoms with Gasteiger partial charge in [-0.2, -0.15) is 5.26 Å². The van der Waals surface area contributed by atoms with Gasteiger partial charge in [0.15, 0.2) is 6.10 Å².